The van der Waals surface area contributed by atoms with E-state index >= 15 is 0 Å². The Morgan fingerprint density at radius 3 is 2.48 bits per heavy atom. The van der Waals surface area contributed by atoms with Crippen LogP contribution < -0.4 is 5.32 Å². The number of nitrogens with zero attached hydrogens (tertiary/aromatic N) is 2. The summed E-state index contributed by atoms with van der Waals surface area (Å²) < 4.78 is 13.6. The Hall–Kier alpha value is -3.15. The number of aromatic nitrogens is 1. The van der Waals surface area contributed by atoms with Crippen molar-refractivity contribution in [3.05, 3.63) is 70.8 Å². The van der Waals surface area contributed by atoms with E-state index in [1.165, 1.54) is 12.1 Å². The average Bonchev–Trinajstić information content (AvgIpc) is 2.68. The lowest BCUT2D eigenvalue weighted by Gasteiger charge is -2.41. The highest BCUT2D eigenvalue weighted by atomic mass is 19.1. The van der Waals surface area contributed by atoms with E-state index < -0.39 is 11.8 Å². The topological polar surface area (TPSA) is 71.4 Å². The number of aliphatic imine (C=N–C) groups is 1. The molecule has 1 aromatic heterocycles. The number of benzene rings is 1. The van der Waals surface area contributed by atoms with Gasteiger partial charge in [0.25, 0.3) is 5.91 Å². The van der Waals surface area contributed by atoms with Gasteiger partial charge >= 0.3 is 0 Å². The Labute approximate surface area is 181 Å². The molecule has 0 unspecified atom stereocenters. The van der Waals surface area contributed by atoms with Gasteiger partial charge in [-0.05, 0) is 55.0 Å². The van der Waals surface area contributed by atoms with E-state index in [0.29, 0.717) is 29.9 Å². The lowest BCUT2D eigenvalue weighted by molar-refractivity contribution is -0.124. The summed E-state index contributed by atoms with van der Waals surface area (Å²) in [7, 11) is 0. The van der Waals surface area contributed by atoms with Crippen molar-refractivity contribution in [2.24, 2.45) is 16.3 Å². The number of halogens is 1. The van der Waals surface area contributed by atoms with E-state index in [-0.39, 0.29) is 22.9 Å². The Kier molecular flexibility index (Phi) is 5.33. The molecule has 1 saturated carbocycles. The standard InChI is InChI=1S/C25H26FN3O2/c1-14-6-5-11-27-23(14)29-24(31)20-15(2)28-18-12-25(3,4)13-19(30)22(18)21(20)16-7-9-17(26)10-8-16/h5-11,21-22H,12-13H2,1-4H3,(H,27,29,31)/t21-,22+/m0/s1. The molecule has 0 saturated heterocycles. The van der Waals surface area contributed by atoms with Gasteiger partial charge in [-0.2, -0.15) is 0 Å². The summed E-state index contributed by atoms with van der Waals surface area (Å²) in [4.78, 5) is 35.7. The van der Waals surface area contributed by atoms with Crippen molar-refractivity contribution in [2.75, 3.05) is 5.32 Å². The van der Waals surface area contributed by atoms with Crippen LogP contribution in [-0.2, 0) is 9.59 Å². The molecule has 1 amide bonds. The van der Waals surface area contributed by atoms with Crippen LogP contribution in [0.5, 0.6) is 0 Å². The van der Waals surface area contributed by atoms with Gasteiger partial charge in [0, 0.05) is 35.5 Å². The van der Waals surface area contributed by atoms with Gasteiger partial charge in [0.1, 0.15) is 17.4 Å². The van der Waals surface area contributed by atoms with Crippen molar-refractivity contribution in [3.8, 4) is 0 Å². The first kappa shape index (κ1) is 21.1. The second-order valence-corrected chi connectivity index (χ2v) is 9.22. The molecule has 0 spiro atoms. The minimum Gasteiger partial charge on any atom is -0.307 e. The summed E-state index contributed by atoms with van der Waals surface area (Å²) in [5.74, 6) is -1.20. The smallest absolute Gasteiger partial charge is 0.255 e. The molecule has 2 heterocycles. The zero-order valence-corrected chi connectivity index (χ0v) is 18.2. The predicted octanol–water partition coefficient (Wildman–Crippen LogP) is 4.99. The van der Waals surface area contributed by atoms with Crippen molar-refractivity contribution in [1.82, 2.24) is 4.98 Å². The Morgan fingerprint density at radius 1 is 1.10 bits per heavy atom. The Balaban J connectivity index is 1.82. The molecule has 1 fully saturated rings. The molecule has 1 aromatic carbocycles. The van der Waals surface area contributed by atoms with Crippen LogP contribution in [0.25, 0.3) is 0 Å². The van der Waals surface area contributed by atoms with Crippen LogP contribution in [0.1, 0.15) is 50.7 Å². The Bertz CT molecular complexity index is 1120. The number of allylic oxidation sites excluding steroid dienone is 1. The van der Waals surface area contributed by atoms with Gasteiger partial charge in [-0.3, -0.25) is 14.6 Å². The largest absolute Gasteiger partial charge is 0.307 e. The van der Waals surface area contributed by atoms with E-state index in [1.807, 2.05) is 13.0 Å². The number of nitrogens with one attached hydrogen (secondary N) is 1. The van der Waals surface area contributed by atoms with Gasteiger partial charge in [0.15, 0.2) is 0 Å². The zero-order chi connectivity index (χ0) is 22.3. The first-order chi connectivity index (χ1) is 14.7. The third-order valence-electron chi connectivity index (χ3n) is 6.08. The Morgan fingerprint density at radius 2 is 1.81 bits per heavy atom. The number of hydrogen-bond acceptors (Lipinski definition) is 4. The van der Waals surface area contributed by atoms with Crippen LogP contribution in [-0.4, -0.2) is 22.4 Å². The number of rotatable bonds is 3. The molecule has 1 aliphatic carbocycles. The molecule has 0 bridgehead atoms. The number of amides is 1. The molecular formula is C25H26FN3O2. The van der Waals surface area contributed by atoms with Gasteiger partial charge in [-0.1, -0.05) is 32.0 Å². The maximum atomic E-state index is 13.6. The number of Topliss-reactive ketones (excluding diaryl/α,β-unsaturated/α-hetero) is 1. The number of fused-ring (bicyclic) bond motifs is 1. The molecule has 1 N–H and O–H groups in total. The van der Waals surface area contributed by atoms with Gasteiger partial charge in [-0.15, -0.1) is 0 Å². The normalized spacial score (nSPS) is 22.6. The summed E-state index contributed by atoms with van der Waals surface area (Å²) in [6.45, 7) is 7.78. The fraction of sp³-hybridized carbons (Fsp3) is 0.360. The van der Waals surface area contributed by atoms with Crippen molar-refractivity contribution in [1.29, 1.82) is 0 Å². The number of carbonyl (C=O) groups excluding carboxylic acids is 2. The molecule has 4 rings (SSSR count). The van der Waals surface area contributed by atoms with Crippen LogP contribution in [0, 0.1) is 24.1 Å². The maximum Gasteiger partial charge on any atom is 0.255 e. The fourth-order valence-electron chi connectivity index (χ4n) is 4.71. The number of ketones is 1. The van der Waals surface area contributed by atoms with E-state index in [0.717, 1.165) is 16.8 Å². The molecule has 0 radical (unpaired) electrons. The van der Waals surface area contributed by atoms with Crippen LogP contribution in [0.15, 0.2) is 58.9 Å². The summed E-state index contributed by atoms with van der Waals surface area (Å²) in [5, 5.41) is 2.89. The summed E-state index contributed by atoms with van der Waals surface area (Å²) >= 11 is 0. The molecule has 6 heteroatoms. The predicted molar refractivity (Wildman–Crippen MR) is 118 cm³/mol. The molecule has 2 aliphatic rings. The fourth-order valence-corrected chi connectivity index (χ4v) is 4.71. The molecule has 31 heavy (non-hydrogen) atoms. The lowest BCUT2D eigenvalue weighted by Crippen LogP contribution is -2.44. The van der Waals surface area contributed by atoms with Crippen LogP contribution in [0.3, 0.4) is 0 Å². The first-order valence-corrected chi connectivity index (χ1v) is 10.5. The van der Waals surface area contributed by atoms with E-state index in [2.05, 4.69) is 24.1 Å². The maximum absolute atomic E-state index is 13.6. The van der Waals surface area contributed by atoms with E-state index in [9.17, 15) is 14.0 Å². The first-order valence-electron chi connectivity index (χ1n) is 10.5. The van der Waals surface area contributed by atoms with Crippen molar-refractivity contribution in [3.63, 3.8) is 0 Å². The SMILES string of the molecule is CC1=C(C(=O)Nc2ncccc2C)[C@H](c2ccc(F)cc2)[C@H]2C(=O)CC(C)(C)CC2=N1. The zero-order valence-electron chi connectivity index (χ0n) is 18.2. The second kappa shape index (κ2) is 7.84. The second-order valence-electron chi connectivity index (χ2n) is 9.22. The van der Waals surface area contributed by atoms with Gasteiger partial charge < -0.3 is 5.32 Å². The van der Waals surface area contributed by atoms with Crippen LogP contribution >= 0.6 is 0 Å². The van der Waals surface area contributed by atoms with Crippen molar-refractivity contribution < 1.29 is 14.0 Å². The summed E-state index contributed by atoms with van der Waals surface area (Å²) in [5.41, 5.74) is 3.21. The number of pyridine rings is 1. The van der Waals surface area contributed by atoms with Crippen LogP contribution in [0.2, 0.25) is 0 Å². The molecule has 5 nitrogen and oxygen atoms in total. The minimum atomic E-state index is -0.521. The number of aryl methyl sites for hydroxylation is 1. The number of carbonyl (C=O) groups is 2. The molecule has 1 aliphatic heterocycles. The van der Waals surface area contributed by atoms with Crippen molar-refractivity contribution in [2.45, 2.75) is 46.5 Å². The third kappa shape index (κ3) is 4.07. The van der Waals surface area contributed by atoms with Crippen molar-refractivity contribution >= 4 is 23.2 Å². The molecule has 2 aromatic rings. The monoisotopic (exact) mass is 419 g/mol. The van der Waals surface area contributed by atoms with Gasteiger partial charge in [-0.25, -0.2) is 9.37 Å². The highest BCUT2D eigenvalue weighted by molar-refractivity contribution is 6.14. The lowest BCUT2D eigenvalue weighted by atomic mass is 9.63. The van der Waals surface area contributed by atoms with Gasteiger partial charge in [0.2, 0.25) is 0 Å². The van der Waals surface area contributed by atoms with Gasteiger partial charge in [0.05, 0.1) is 5.92 Å². The quantitative estimate of drug-likeness (QED) is 0.762. The molecule has 160 valence electrons. The summed E-state index contributed by atoms with van der Waals surface area (Å²) in [6.07, 6.45) is 2.72. The third-order valence-corrected chi connectivity index (χ3v) is 6.08. The highest BCUT2D eigenvalue weighted by Gasteiger charge is 2.47. The minimum absolute atomic E-state index is 0.0659. The number of hydrogen-bond donors (Lipinski definition) is 1. The molecular weight excluding hydrogens is 393 g/mol. The highest BCUT2D eigenvalue weighted by Crippen LogP contribution is 2.46. The van der Waals surface area contributed by atoms with E-state index in [1.54, 1.807) is 31.3 Å². The average molecular weight is 420 g/mol. The molecule has 2 atom stereocenters. The van der Waals surface area contributed by atoms with E-state index in [4.69, 9.17) is 4.99 Å². The number of anilines is 1. The summed E-state index contributed by atoms with van der Waals surface area (Å²) in [6, 6.07) is 9.71. The van der Waals surface area contributed by atoms with Crippen LogP contribution in [0.4, 0.5) is 10.2 Å².